The molecule has 0 radical (unpaired) electrons. The van der Waals surface area contributed by atoms with E-state index >= 15 is 0 Å². The van der Waals surface area contributed by atoms with E-state index in [0.717, 1.165) is 18.7 Å². The summed E-state index contributed by atoms with van der Waals surface area (Å²) in [6.45, 7) is 7.92. The van der Waals surface area contributed by atoms with Crippen LogP contribution in [0.3, 0.4) is 0 Å². The van der Waals surface area contributed by atoms with Crippen LogP contribution in [0, 0.1) is 5.92 Å². The van der Waals surface area contributed by atoms with Gasteiger partial charge in [0.15, 0.2) is 5.82 Å². The second kappa shape index (κ2) is 5.26. The Morgan fingerprint density at radius 3 is 2.47 bits per heavy atom. The second-order valence-electron chi connectivity index (χ2n) is 4.31. The van der Waals surface area contributed by atoms with Crippen LogP contribution in [0.25, 0.3) is 0 Å². The van der Waals surface area contributed by atoms with E-state index in [1.54, 1.807) is 6.92 Å². The highest BCUT2D eigenvalue weighted by Gasteiger charge is 2.26. The number of aliphatic hydroxyl groups is 1. The number of aryl methyl sites for hydroxylation is 1. The van der Waals surface area contributed by atoms with Gasteiger partial charge in [-0.1, -0.05) is 25.9 Å². The molecule has 0 aliphatic heterocycles. The van der Waals surface area contributed by atoms with Crippen molar-refractivity contribution in [1.82, 2.24) is 10.1 Å². The van der Waals surface area contributed by atoms with Gasteiger partial charge in [0.2, 0.25) is 5.89 Å². The lowest BCUT2D eigenvalue weighted by Crippen LogP contribution is -2.20. The highest BCUT2D eigenvalue weighted by atomic mass is 16.5. The van der Waals surface area contributed by atoms with Gasteiger partial charge in [-0.15, -0.1) is 0 Å². The van der Waals surface area contributed by atoms with E-state index in [1.165, 1.54) is 0 Å². The fraction of sp³-hybridized carbons (Fsp3) is 0.818. The molecule has 1 N–H and O–H groups in total. The molecule has 1 heterocycles. The average Bonchev–Trinajstić information content (AvgIpc) is 2.52. The van der Waals surface area contributed by atoms with Gasteiger partial charge in [-0.3, -0.25) is 0 Å². The molecule has 0 aromatic carbocycles. The van der Waals surface area contributed by atoms with Crippen LogP contribution in [0.4, 0.5) is 0 Å². The fourth-order valence-electron chi connectivity index (χ4n) is 1.78. The first-order valence-electron chi connectivity index (χ1n) is 5.56. The standard InChI is InChI=1S/C11H20N2O2/c1-5-6-9-12-11(15-13-9)10(7(2)3)8(4)14/h7-8,10,14H,5-6H2,1-4H3. The van der Waals surface area contributed by atoms with Gasteiger partial charge in [0.1, 0.15) is 0 Å². The minimum atomic E-state index is -0.458. The van der Waals surface area contributed by atoms with Crippen LogP contribution in [-0.4, -0.2) is 21.4 Å². The minimum absolute atomic E-state index is 0.0666. The third-order valence-corrected chi connectivity index (χ3v) is 2.48. The zero-order valence-corrected chi connectivity index (χ0v) is 9.90. The lowest BCUT2D eigenvalue weighted by molar-refractivity contribution is 0.120. The maximum Gasteiger partial charge on any atom is 0.232 e. The summed E-state index contributed by atoms with van der Waals surface area (Å²) in [4.78, 5) is 4.31. The summed E-state index contributed by atoms with van der Waals surface area (Å²) in [7, 11) is 0. The molecular formula is C11H20N2O2. The van der Waals surface area contributed by atoms with Crippen molar-refractivity contribution in [3.8, 4) is 0 Å². The predicted octanol–water partition coefficient (Wildman–Crippen LogP) is 2.14. The molecule has 0 amide bonds. The third kappa shape index (κ3) is 3.02. The molecule has 1 aromatic heterocycles. The molecule has 2 unspecified atom stereocenters. The Kier molecular flexibility index (Phi) is 4.27. The number of aliphatic hydroxyl groups excluding tert-OH is 1. The van der Waals surface area contributed by atoms with E-state index in [4.69, 9.17) is 4.52 Å². The largest absolute Gasteiger partial charge is 0.393 e. The first-order chi connectivity index (χ1) is 7.06. The van der Waals surface area contributed by atoms with Crippen molar-refractivity contribution < 1.29 is 9.63 Å². The quantitative estimate of drug-likeness (QED) is 0.812. The molecule has 0 aliphatic carbocycles. The van der Waals surface area contributed by atoms with Gasteiger partial charge in [0.05, 0.1) is 12.0 Å². The summed E-state index contributed by atoms with van der Waals surface area (Å²) in [6.07, 6.45) is 1.37. The predicted molar refractivity (Wildman–Crippen MR) is 57.6 cm³/mol. The molecule has 0 spiro atoms. The molecule has 1 rings (SSSR count). The molecule has 0 saturated heterocycles. The van der Waals surface area contributed by atoms with Crippen LogP contribution in [0.2, 0.25) is 0 Å². The molecule has 4 heteroatoms. The van der Waals surface area contributed by atoms with Crippen molar-refractivity contribution >= 4 is 0 Å². The SMILES string of the molecule is CCCc1noc(C(C(C)C)C(C)O)n1. The van der Waals surface area contributed by atoms with Crippen LogP contribution >= 0.6 is 0 Å². The molecule has 15 heavy (non-hydrogen) atoms. The number of rotatable bonds is 5. The smallest absolute Gasteiger partial charge is 0.232 e. The Balaban J connectivity index is 2.82. The van der Waals surface area contributed by atoms with E-state index in [1.807, 2.05) is 13.8 Å². The van der Waals surface area contributed by atoms with E-state index < -0.39 is 6.10 Å². The van der Waals surface area contributed by atoms with Crippen molar-refractivity contribution in [2.45, 2.75) is 52.6 Å². The number of hydrogen-bond acceptors (Lipinski definition) is 4. The average molecular weight is 212 g/mol. The maximum atomic E-state index is 9.65. The van der Waals surface area contributed by atoms with E-state index in [-0.39, 0.29) is 5.92 Å². The minimum Gasteiger partial charge on any atom is -0.393 e. The van der Waals surface area contributed by atoms with Crippen molar-refractivity contribution in [2.24, 2.45) is 5.92 Å². The van der Waals surface area contributed by atoms with E-state index in [2.05, 4.69) is 17.1 Å². The zero-order chi connectivity index (χ0) is 11.4. The van der Waals surface area contributed by atoms with Gasteiger partial charge in [-0.05, 0) is 19.3 Å². The normalized spacial score (nSPS) is 15.6. The Hall–Kier alpha value is -0.900. The molecule has 0 bridgehead atoms. The van der Waals surface area contributed by atoms with Crippen molar-refractivity contribution in [1.29, 1.82) is 0 Å². The molecule has 0 fully saturated rings. The first kappa shape index (κ1) is 12.2. The van der Waals surface area contributed by atoms with Crippen LogP contribution in [0.5, 0.6) is 0 Å². The molecule has 2 atom stereocenters. The second-order valence-corrected chi connectivity index (χ2v) is 4.31. The monoisotopic (exact) mass is 212 g/mol. The van der Waals surface area contributed by atoms with Crippen LogP contribution in [0.15, 0.2) is 4.52 Å². The van der Waals surface area contributed by atoms with Crippen molar-refractivity contribution in [3.05, 3.63) is 11.7 Å². The molecular weight excluding hydrogens is 192 g/mol. The Morgan fingerprint density at radius 2 is 2.00 bits per heavy atom. The summed E-state index contributed by atoms with van der Waals surface area (Å²) in [5.74, 6) is 1.52. The van der Waals surface area contributed by atoms with Crippen molar-refractivity contribution in [3.63, 3.8) is 0 Å². The van der Waals surface area contributed by atoms with Crippen molar-refractivity contribution in [2.75, 3.05) is 0 Å². The van der Waals surface area contributed by atoms with E-state index in [0.29, 0.717) is 11.8 Å². The summed E-state index contributed by atoms with van der Waals surface area (Å²) in [5.41, 5.74) is 0. The Bertz CT molecular complexity index is 287. The molecule has 86 valence electrons. The van der Waals surface area contributed by atoms with Crippen LogP contribution < -0.4 is 0 Å². The van der Waals surface area contributed by atoms with Gasteiger partial charge in [0, 0.05) is 6.42 Å². The Labute approximate surface area is 90.7 Å². The van der Waals surface area contributed by atoms with Gasteiger partial charge >= 0.3 is 0 Å². The zero-order valence-electron chi connectivity index (χ0n) is 9.90. The summed E-state index contributed by atoms with van der Waals surface area (Å²) in [6, 6.07) is 0. The van der Waals surface area contributed by atoms with Crippen LogP contribution in [0.1, 0.15) is 51.7 Å². The number of hydrogen-bond donors (Lipinski definition) is 1. The molecule has 1 aromatic rings. The molecule has 4 nitrogen and oxygen atoms in total. The van der Waals surface area contributed by atoms with Gasteiger partial charge in [-0.2, -0.15) is 4.98 Å². The third-order valence-electron chi connectivity index (χ3n) is 2.48. The summed E-state index contributed by atoms with van der Waals surface area (Å²) < 4.78 is 5.18. The molecule has 0 aliphatic rings. The van der Waals surface area contributed by atoms with Crippen LogP contribution in [-0.2, 0) is 6.42 Å². The highest BCUT2D eigenvalue weighted by molar-refractivity contribution is 4.98. The Morgan fingerprint density at radius 1 is 1.33 bits per heavy atom. The van der Waals surface area contributed by atoms with Gasteiger partial charge in [-0.25, -0.2) is 0 Å². The summed E-state index contributed by atoms with van der Waals surface area (Å²) >= 11 is 0. The lowest BCUT2D eigenvalue weighted by Gasteiger charge is -2.19. The van der Waals surface area contributed by atoms with Gasteiger partial charge in [0.25, 0.3) is 0 Å². The van der Waals surface area contributed by atoms with E-state index in [9.17, 15) is 5.11 Å². The number of nitrogens with zero attached hydrogens (tertiary/aromatic N) is 2. The number of aromatic nitrogens is 2. The molecule has 0 saturated carbocycles. The lowest BCUT2D eigenvalue weighted by atomic mass is 9.91. The topological polar surface area (TPSA) is 59.2 Å². The highest BCUT2D eigenvalue weighted by Crippen LogP contribution is 2.26. The summed E-state index contributed by atoms with van der Waals surface area (Å²) in [5, 5.41) is 13.5. The fourth-order valence-corrected chi connectivity index (χ4v) is 1.78. The maximum absolute atomic E-state index is 9.65. The van der Waals surface area contributed by atoms with Gasteiger partial charge < -0.3 is 9.63 Å². The first-order valence-corrected chi connectivity index (χ1v) is 5.56.